The highest BCUT2D eigenvalue weighted by Gasteiger charge is 2.04. The van der Waals surface area contributed by atoms with Crippen LogP contribution < -0.4 is 5.32 Å². The zero-order chi connectivity index (χ0) is 15.2. The molecule has 7 heteroatoms. The molecule has 1 aromatic heterocycles. The number of nitro benzene ring substituents is 1. The summed E-state index contributed by atoms with van der Waals surface area (Å²) in [5, 5.41) is 16.2. The molecule has 1 heterocycles. The van der Waals surface area contributed by atoms with Crippen molar-refractivity contribution >= 4 is 29.0 Å². The van der Waals surface area contributed by atoms with Crippen molar-refractivity contribution in [1.29, 1.82) is 0 Å². The third kappa shape index (κ3) is 4.50. The number of nitrogens with zero attached hydrogens (tertiary/aromatic N) is 2. The zero-order valence-electron chi connectivity index (χ0n) is 11.3. The van der Waals surface area contributed by atoms with E-state index in [2.05, 4.69) is 10.3 Å². The van der Waals surface area contributed by atoms with E-state index < -0.39 is 4.92 Å². The number of hydrogen-bond donors (Lipinski definition) is 1. The van der Waals surface area contributed by atoms with Gasteiger partial charge in [0.1, 0.15) is 0 Å². The smallest absolute Gasteiger partial charge is 0.270 e. The maximum atomic E-state index is 11.7. The average molecular weight is 303 g/mol. The van der Waals surface area contributed by atoms with Crippen LogP contribution in [0.1, 0.15) is 16.3 Å². The molecule has 0 radical (unpaired) electrons. The van der Waals surface area contributed by atoms with Crippen LogP contribution in [0.5, 0.6) is 0 Å². The van der Waals surface area contributed by atoms with Crippen LogP contribution in [0.25, 0.3) is 6.08 Å². The number of amides is 1. The van der Waals surface area contributed by atoms with Gasteiger partial charge in [0.25, 0.3) is 5.69 Å². The zero-order valence-corrected chi connectivity index (χ0v) is 12.1. The number of nitro groups is 1. The van der Waals surface area contributed by atoms with Gasteiger partial charge in [-0.1, -0.05) is 12.1 Å². The Hall–Kier alpha value is -2.54. The second kappa shape index (κ2) is 6.76. The molecule has 1 aromatic carbocycles. The normalized spacial score (nSPS) is 10.7. The van der Waals surface area contributed by atoms with Gasteiger partial charge in [-0.25, -0.2) is 4.98 Å². The predicted molar refractivity (Wildman–Crippen MR) is 80.8 cm³/mol. The van der Waals surface area contributed by atoms with Crippen LogP contribution in [0.3, 0.4) is 0 Å². The van der Waals surface area contributed by atoms with Crippen molar-refractivity contribution in [3.8, 4) is 0 Å². The fraction of sp³-hybridized carbons (Fsp3) is 0.143. The number of hydrogen-bond acceptors (Lipinski definition) is 5. The van der Waals surface area contributed by atoms with E-state index in [1.807, 2.05) is 12.3 Å². The van der Waals surface area contributed by atoms with Gasteiger partial charge >= 0.3 is 0 Å². The number of non-ortho nitro benzene ring substituents is 1. The molecule has 21 heavy (non-hydrogen) atoms. The summed E-state index contributed by atoms with van der Waals surface area (Å²) < 4.78 is 0. The number of thiazole rings is 1. The lowest BCUT2D eigenvalue weighted by atomic mass is 10.2. The highest BCUT2D eigenvalue weighted by Crippen LogP contribution is 2.14. The molecule has 108 valence electrons. The Bertz CT molecular complexity index is 694. The minimum absolute atomic E-state index is 0.00416. The molecule has 0 aliphatic heterocycles. The van der Waals surface area contributed by atoms with E-state index in [0.717, 1.165) is 10.7 Å². The Balaban J connectivity index is 1.92. The molecule has 0 bridgehead atoms. The molecule has 0 aliphatic carbocycles. The fourth-order valence-corrected chi connectivity index (χ4v) is 2.25. The molecule has 0 saturated heterocycles. The predicted octanol–water partition coefficient (Wildman–Crippen LogP) is 2.69. The summed E-state index contributed by atoms with van der Waals surface area (Å²) in [6.45, 7) is 2.26. The van der Waals surface area contributed by atoms with Crippen LogP contribution in [0, 0.1) is 17.0 Å². The summed E-state index contributed by atoms with van der Waals surface area (Å²) in [5.41, 5.74) is 1.41. The van der Waals surface area contributed by atoms with E-state index in [1.54, 1.807) is 12.1 Å². The second-order valence-electron chi connectivity index (χ2n) is 4.26. The quantitative estimate of drug-likeness (QED) is 0.523. The van der Waals surface area contributed by atoms with E-state index in [4.69, 9.17) is 0 Å². The van der Waals surface area contributed by atoms with Crippen molar-refractivity contribution in [2.24, 2.45) is 0 Å². The van der Waals surface area contributed by atoms with Crippen molar-refractivity contribution in [2.75, 3.05) is 0 Å². The highest BCUT2D eigenvalue weighted by molar-refractivity contribution is 7.09. The van der Waals surface area contributed by atoms with Gasteiger partial charge in [-0.05, 0) is 18.6 Å². The summed E-state index contributed by atoms with van der Waals surface area (Å²) in [5.74, 6) is -0.271. The summed E-state index contributed by atoms with van der Waals surface area (Å²) in [6.07, 6.45) is 2.88. The molecule has 2 aromatic rings. The summed E-state index contributed by atoms with van der Waals surface area (Å²) in [4.78, 5) is 26.1. The number of aryl methyl sites for hydroxylation is 1. The molecular weight excluding hydrogens is 290 g/mol. The highest BCUT2D eigenvalue weighted by atomic mass is 32.1. The SMILES string of the molecule is Cc1nc(CNC(=O)/C=C/c2cccc([N+](=O)[O-])c2)cs1. The minimum Gasteiger partial charge on any atom is -0.347 e. The van der Waals surface area contributed by atoms with Crippen molar-refractivity contribution in [3.05, 3.63) is 62.1 Å². The van der Waals surface area contributed by atoms with Crippen LogP contribution in [0.15, 0.2) is 35.7 Å². The molecule has 6 nitrogen and oxygen atoms in total. The van der Waals surface area contributed by atoms with E-state index in [9.17, 15) is 14.9 Å². The van der Waals surface area contributed by atoms with Gasteiger partial charge in [0, 0.05) is 23.6 Å². The van der Waals surface area contributed by atoms with E-state index in [-0.39, 0.29) is 11.6 Å². The standard InChI is InChI=1S/C14H13N3O3S/c1-10-16-12(9-21-10)8-15-14(18)6-5-11-3-2-4-13(7-11)17(19)20/h2-7,9H,8H2,1H3,(H,15,18)/b6-5+. The van der Waals surface area contributed by atoms with Crippen LogP contribution in [-0.4, -0.2) is 15.8 Å². The Morgan fingerprint density at radius 2 is 2.33 bits per heavy atom. The van der Waals surface area contributed by atoms with Gasteiger partial charge in [-0.15, -0.1) is 11.3 Å². The number of aromatic nitrogens is 1. The molecular formula is C14H13N3O3S. The first kappa shape index (κ1) is 14.9. The molecule has 0 saturated carbocycles. The largest absolute Gasteiger partial charge is 0.347 e. The lowest BCUT2D eigenvalue weighted by molar-refractivity contribution is -0.384. The van der Waals surface area contributed by atoms with Gasteiger partial charge in [0.2, 0.25) is 5.91 Å². The lowest BCUT2D eigenvalue weighted by Gasteiger charge is -1.98. The van der Waals surface area contributed by atoms with E-state index in [0.29, 0.717) is 12.1 Å². The summed E-state index contributed by atoms with van der Waals surface area (Å²) in [7, 11) is 0. The van der Waals surface area contributed by atoms with Gasteiger partial charge in [-0.3, -0.25) is 14.9 Å². The van der Waals surface area contributed by atoms with Gasteiger partial charge in [-0.2, -0.15) is 0 Å². The van der Waals surface area contributed by atoms with Crippen molar-refractivity contribution in [1.82, 2.24) is 10.3 Å². The number of rotatable bonds is 5. The van der Waals surface area contributed by atoms with Crippen molar-refractivity contribution in [3.63, 3.8) is 0 Å². The van der Waals surface area contributed by atoms with E-state index in [1.165, 1.54) is 35.6 Å². The van der Waals surface area contributed by atoms with Gasteiger partial charge < -0.3 is 5.32 Å². The molecule has 1 amide bonds. The van der Waals surface area contributed by atoms with E-state index >= 15 is 0 Å². The summed E-state index contributed by atoms with van der Waals surface area (Å²) >= 11 is 1.53. The Labute approximate surface area is 125 Å². The first-order valence-corrected chi connectivity index (χ1v) is 7.04. The number of carbonyl (C=O) groups is 1. The number of carbonyl (C=O) groups excluding carboxylic acids is 1. The van der Waals surface area contributed by atoms with Gasteiger partial charge in [0.15, 0.2) is 0 Å². The van der Waals surface area contributed by atoms with Crippen LogP contribution in [0.4, 0.5) is 5.69 Å². The molecule has 1 N–H and O–H groups in total. The summed E-state index contributed by atoms with van der Waals surface area (Å²) in [6, 6.07) is 6.09. The maximum absolute atomic E-state index is 11.7. The molecule has 0 aliphatic rings. The Morgan fingerprint density at radius 1 is 1.52 bits per heavy atom. The van der Waals surface area contributed by atoms with Gasteiger partial charge in [0.05, 0.1) is 22.2 Å². The first-order chi connectivity index (χ1) is 10.0. The monoisotopic (exact) mass is 303 g/mol. The minimum atomic E-state index is -0.470. The molecule has 0 unspecified atom stereocenters. The third-order valence-electron chi connectivity index (χ3n) is 2.62. The Morgan fingerprint density at radius 3 is 3.00 bits per heavy atom. The van der Waals surface area contributed by atoms with Crippen molar-refractivity contribution < 1.29 is 9.72 Å². The molecule has 0 spiro atoms. The lowest BCUT2D eigenvalue weighted by Crippen LogP contribution is -2.20. The maximum Gasteiger partial charge on any atom is 0.270 e. The molecule has 0 atom stereocenters. The average Bonchev–Trinajstić information content (AvgIpc) is 2.89. The van der Waals surface area contributed by atoms with Crippen LogP contribution >= 0.6 is 11.3 Å². The number of nitrogens with one attached hydrogen (secondary N) is 1. The first-order valence-electron chi connectivity index (χ1n) is 6.16. The fourth-order valence-electron chi connectivity index (χ4n) is 1.64. The third-order valence-corrected chi connectivity index (χ3v) is 3.44. The molecule has 0 fully saturated rings. The topological polar surface area (TPSA) is 85.1 Å². The Kier molecular flexibility index (Phi) is 4.78. The number of benzene rings is 1. The van der Waals surface area contributed by atoms with Crippen molar-refractivity contribution in [2.45, 2.75) is 13.5 Å². The van der Waals surface area contributed by atoms with Crippen LogP contribution in [-0.2, 0) is 11.3 Å². The second-order valence-corrected chi connectivity index (χ2v) is 5.32. The molecule has 2 rings (SSSR count). The van der Waals surface area contributed by atoms with Crippen LogP contribution in [0.2, 0.25) is 0 Å².